The molecule has 2 heterocycles. The van der Waals surface area contributed by atoms with E-state index in [1.54, 1.807) is 0 Å². The summed E-state index contributed by atoms with van der Waals surface area (Å²) in [5.41, 5.74) is 3.18. The fourth-order valence-electron chi connectivity index (χ4n) is 2.21. The molecule has 3 rings (SSSR count). The van der Waals surface area contributed by atoms with E-state index in [1.165, 1.54) is 17.3 Å². The van der Waals surface area contributed by atoms with Crippen LogP contribution in [0.15, 0.2) is 23.4 Å². The number of fused-ring (bicyclic) bond motifs is 1. The number of nitrogens with one attached hydrogen (secondary N) is 1. The van der Waals surface area contributed by atoms with Crippen LogP contribution in [0.2, 0.25) is 0 Å². The van der Waals surface area contributed by atoms with Crippen LogP contribution in [-0.4, -0.2) is 34.7 Å². The predicted molar refractivity (Wildman–Crippen MR) is 75.5 cm³/mol. The van der Waals surface area contributed by atoms with Crippen LogP contribution in [0.25, 0.3) is 11.0 Å². The Morgan fingerprint density at radius 2 is 2.47 bits per heavy atom. The molecule has 0 spiro atoms. The molecule has 1 fully saturated rings. The number of aromatic nitrogens is 2. The highest BCUT2D eigenvalue weighted by Gasteiger charge is 2.23. The highest BCUT2D eigenvalue weighted by Crippen LogP contribution is 2.22. The summed E-state index contributed by atoms with van der Waals surface area (Å²) in [7, 11) is 0. The van der Waals surface area contributed by atoms with Crippen LogP contribution in [-0.2, 0) is 9.53 Å². The van der Waals surface area contributed by atoms with Crippen LogP contribution < -0.4 is 0 Å². The van der Waals surface area contributed by atoms with Gasteiger partial charge in [0.1, 0.15) is 5.78 Å². The minimum Gasteiger partial charge on any atom is -0.381 e. The first-order chi connectivity index (χ1) is 9.22. The third-order valence-electron chi connectivity index (χ3n) is 3.35. The highest BCUT2D eigenvalue weighted by atomic mass is 32.2. The van der Waals surface area contributed by atoms with Gasteiger partial charge in [-0.3, -0.25) is 4.79 Å². The second-order valence-corrected chi connectivity index (χ2v) is 5.84. The number of carbonyl (C=O) groups excluding carboxylic acids is 1. The zero-order valence-corrected chi connectivity index (χ0v) is 11.6. The van der Waals surface area contributed by atoms with Crippen molar-refractivity contribution in [3.05, 3.63) is 23.8 Å². The number of aromatic amines is 1. The lowest BCUT2D eigenvalue weighted by Crippen LogP contribution is -2.16. The van der Waals surface area contributed by atoms with Crippen LogP contribution in [0.4, 0.5) is 0 Å². The maximum Gasteiger partial charge on any atom is 0.166 e. The zero-order chi connectivity index (χ0) is 13.2. The number of imidazole rings is 1. The van der Waals surface area contributed by atoms with E-state index in [2.05, 4.69) is 23.0 Å². The molecule has 0 radical (unpaired) electrons. The minimum atomic E-state index is 0.0825. The largest absolute Gasteiger partial charge is 0.381 e. The topological polar surface area (TPSA) is 55.0 Å². The van der Waals surface area contributed by atoms with E-state index in [0.717, 1.165) is 22.6 Å². The molecule has 4 nitrogen and oxygen atoms in total. The van der Waals surface area contributed by atoms with Crippen molar-refractivity contribution >= 4 is 28.6 Å². The van der Waals surface area contributed by atoms with Gasteiger partial charge in [0.05, 0.1) is 23.4 Å². The number of rotatable bonds is 4. The number of H-pyrrole nitrogens is 1. The van der Waals surface area contributed by atoms with Gasteiger partial charge in [-0.1, -0.05) is 17.8 Å². The molecule has 1 aromatic carbocycles. The van der Waals surface area contributed by atoms with Crippen LogP contribution >= 0.6 is 11.8 Å². The van der Waals surface area contributed by atoms with Gasteiger partial charge in [-0.05, 0) is 31.0 Å². The van der Waals surface area contributed by atoms with Gasteiger partial charge in [0.15, 0.2) is 5.16 Å². The predicted octanol–water partition coefficient (Wildman–Crippen LogP) is 2.57. The molecule has 0 saturated carbocycles. The molecule has 1 atom stereocenters. The Balaban J connectivity index is 1.66. The van der Waals surface area contributed by atoms with Crippen molar-refractivity contribution in [1.29, 1.82) is 0 Å². The van der Waals surface area contributed by atoms with Gasteiger partial charge in [0.2, 0.25) is 0 Å². The molecule has 5 heteroatoms. The van der Waals surface area contributed by atoms with E-state index < -0.39 is 0 Å². The van der Waals surface area contributed by atoms with Crippen molar-refractivity contribution in [3.8, 4) is 0 Å². The molecule has 0 aliphatic carbocycles. The quantitative estimate of drug-likeness (QED) is 0.872. The van der Waals surface area contributed by atoms with Crippen LogP contribution in [0.5, 0.6) is 0 Å². The number of hydrogen-bond acceptors (Lipinski definition) is 4. The number of aryl methyl sites for hydroxylation is 1. The molecule has 1 N–H and O–H groups in total. The van der Waals surface area contributed by atoms with Gasteiger partial charge in [-0.15, -0.1) is 0 Å². The van der Waals surface area contributed by atoms with Gasteiger partial charge in [-0.2, -0.15) is 0 Å². The van der Waals surface area contributed by atoms with Crippen molar-refractivity contribution in [2.75, 3.05) is 19.0 Å². The van der Waals surface area contributed by atoms with Gasteiger partial charge in [-0.25, -0.2) is 4.98 Å². The number of ketones is 1. The van der Waals surface area contributed by atoms with E-state index in [0.29, 0.717) is 19.0 Å². The Hall–Kier alpha value is -1.33. The third-order valence-corrected chi connectivity index (χ3v) is 4.25. The molecule has 1 unspecified atom stereocenters. The summed E-state index contributed by atoms with van der Waals surface area (Å²) in [5, 5.41) is 0.813. The fourth-order valence-corrected chi connectivity index (χ4v) is 3.07. The molecule has 100 valence electrons. The van der Waals surface area contributed by atoms with Gasteiger partial charge in [0, 0.05) is 12.5 Å². The molecule has 1 saturated heterocycles. The number of ether oxygens (including phenoxy) is 1. The number of hydrogen-bond donors (Lipinski definition) is 1. The molecule has 1 aromatic heterocycles. The van der Waals surface area contributed by atoms with Crippen LogP contribution in [0.3, 0.4) is 0 Å². The monoisotopic (exact) mass is 276 g/mol. The number of benzene rings is 1. The Labute approximate surface area is 115 Å². The van der Waals surface area contributed by atoms with E-state index in [-0.39, 0.29) is 11.7 Å². The van der Waals surface area contributed by atoms with Crippen LogP contribution in [0.1, 0.15) is 12.0 Å². The molecule has 2 aromatic rings. The number of carbonyl (C=O) groups is 1. The van der Waals surface area contributed by atoms with Gasteiger partial charge in [0.25, 0.3) is 0 Å². The maximum absolute atomic E-state index is 11.9. The standard InChI is InChI=1S/C14H16N2O2S/c1-9-2-3-11-12(6-9)16-14(15-11)19-8-13(17)10-4-5-18-7-10/h2-3,6,10H,4-5,7-8H2,1H3,(H,15,16). The minimum absolute atomic E-state index is 0.0825. The SMILES string of the molecule is Cc1ccc2nc(SCC(=O)C3CCOC3)[nH]c2c1. The first kappa shape index (κ1) is 12.7. The zero-order valence-electron chi connectivity index (χ0n) is 10.8. The fraction of sp³-hybridized carbons (Fsp3) is 0.429. The van der Waals surface area contributed by atoms with E-state index >= 15 is 0 Å². The Morgan fingerprint density at radius 1 is 1.58 bits per heavy atom. The summed E-state index contributed by atoms with van der Waals surface area (Å²) in [6.07, 6.45) is 0.860. The van der Waals surface area contributed by atoms with Crippen molar-refractivity contribution in [2.24, 2.45) is 5.92 Å². The number of thioether (sulfide) groups is 1. The van der Waals surface area contributed by atoms with Gasteiger partial charge >= 0.3 is 0 Å². The van der Waals surface area contributed by atoms with E-state index in [4.69, 9.17) is 4.74 Å². The molecule has 1 aliphatic heterocycles. The average Bonchev–Trinajstić information content (AvgIpc) is 3.04. The summed E-state index contributed by atoms with van der Waals surface area (Å²) in [4.78, 5) is 19.7. The van der Waals surface area contributed by atoms with Gasteiger partial charge < -0.3 is 9.72 Å². The lowest BCUT2D eigenvalue weighted by Gasteiger charge is -2.04. The molecular weight excluding hydrogens is 260 g/mol. The lowest BCUT2D eigenvalue weighted by molar-refractivity contribution is -0.120. The summed E-state index contributed by atoms with van der Waals surface area (Å²) in [6.45, 7) is 3.35. The van der Waals surface area contributed by atoms with Crippen molar-refractivity contribution in [2.45, 2.75) is 18.5 Å². The first-order valence-corrected chi connectivity index (χ1v) is 7.40. The maximum atomic E-state index is 11.9. The van der Waals surface area contributed by atoms with Crippen LogP contribution in [0, 0.1) is 12.8 Å². The molecule has 1 aliphatic rings. The van der Waals surface area contributed by atoms with E-state index in [9.17, 15) is 4.79 Å². The molecular formula is C14H16N2O2S. The Bertz CT molecular complexity index is 603. The summed E-state index contributed by atoms with van der Waals surface area (Å²) >= 11 is 1.48. The third kappa shape index (κ3) is 2.82. The first-order valence-electron chi connectivity index (χ1n) is 6.42. The normalized spacial score (nSPS) is 19.1. The average molecular weight is 276 g/mol. The Morgan fingerprint density at radius 3 is 3.26 bits per heavy atom. The van der Waals surface area contributed by atoms with Crippen molar-refractivity contribution in [3.63, 3.8) is 0 Å². The van der Waals surface area contributed by atoms with E-state index in [1.807, 2.05) is 12.1 Å². The van der Waals surface area contributed by atoms with Crippen molar-refractivity contribution < 1.29 is 9.53 Å². The number of nitrogens with zero attached hydrogens (tertiary/aromatic N) is 1. The second kappa shape index (κ2) is 5.35. The molecule has 0 amide bonds. The second-order valence-electron chi connectivity index (χ2n) is 4.88. The number of Topliss-reactive ketones (excluding diaryl/α,β-unsaturated/α-hetero) is 1. The molecule has 19 heavy (non-hydrogen) atoms. The smallest absolute Gasteiger partial charge is 0.166 e. The summed E-state index contributed by atoms with van der Waals surface area (Å²) in [6, 6.07) is 6.11. The van der Waals surface area contributed by atoms with Crippen molar-refractivity contribution in [1.82, 2.24) is 9.97 Å². The summed E-state index contributed by atoms with van der Waals surface area (Å²) in [5.74, 6) is 0.811. The highest BCUT2D eigenvalue weighted by molar-refractivity contribution is 7.99. The molecule has 0 bridgehead atoms. The Kier molecular flexibility index (Phi) is 3.57. The lowest BCUT2D eigenvalue weighted by atomic mass is 10.1. The summed E-state index contributed by atoms with van der Waals surface area (Å²) < 4.78 is 5.24.